The van der Waals surface area contributed by atoms with E-state index < -0.39 is 5.97 Å². The molecule has 122 valence electrons. The lowest BCUT2D eigenvalue weighted by Gasteiger charge is -2.26. The number of benzene rings is 1. The van der Waals surface area contributed by atoms with Gasteiger partial charge in [-0.1, -0.05) is 0 Å². The number of rotatable bonds is 6. The summed E-state index contributed by atoms with van der Waals surface area (Å²) in [7, 11) is 1.55. The van der Waals surface area contributed by atoms with E-state index in [0.29, 0.717) is 18.1 Å². The molecular formula is C17H19NO4S. The largest absolute Gasteiger partial charge is 0.493 e. The van der Waals surface area contributed by atoms with Gasteiger partial charge >= 0.3 is 5.97 Å². The van der Waals surface area contributed by atoms with E-state index in [4.69, 9.17) is 14.6 Å². The highest BCUT2D eigenvalue weighted by Crippen LogP contribution is 2.28. The zero-order valence-corrected chi connectivity index (χ0v) is 13.8. The van der Waals surface area contributed by atoms with E-state index in [1.165, 1.54) is 22.6 Å². The van der Waals surface area contributed by atoms with Crippen molar-refractivity contribution in [1.82, 2.24) is 4.90 Å². The Kier molecular flexibility index (Phi) is 4.83. The molecule has 0 unspecified atom stereocenters. The first kappa shape index (κ1) is 15.8. The molecule has 0 radical (unpaired) electrons. The lowest BCUT2D eigenvalue weighted by atomic mass is 10.1. The molecule has 0 spiro atoms. The molecule has 23 heavy (non-hydrogen) atoms. The van der Waals surface area contributed by atoms with Crippen LogP contribution in [0.1, 0.15) is 20.8 Å². The predicted molar refractivity (Wildman–Crippen MR) is 88.7 cm³/mol. The van der Waals surface area contributed by atoms with Crippen molar-refractivity contribution in [3.05, 3.63) is 45.6 Å². The van der Waals surface area contributed by atoms with Gasteiger partial charge in [0.05, 0.1) is 12.7 Å². The lowest BCUT2D eigenvalue weighted by Crippen LogP contribution is -2.33. The van der Waals surface area contributed by atoms with E-state index in [1.54, 1.807) is 13.2 Å². The Labute approximate surface area is 139 Å². The van der Waals surface area contributed by atoms with Crippen LogP contribution in [0.25, 0.3) is 0 Å². The second kappa shape index (κ2) is 7.02. The first-order valence-electron chi connectivity index (χ1n) is 7.49. The molecule has 0 aliphatic carbocycles. The number of fused-ring (bicyclic) bond motifs is 1. The van der Waals surface area contributed by atoms with Crippen LogP contribution in [0.15, 0.2) is 29.6 Å². The lowest BCUT2D eigenvalue weighted by molar-refractivity contribution is 0.0696. The third-order valence-electron chi connectivity index (χ3n) is 3.96. The van der Waals surface area contributed by atoms with Gasteiger partial charge in [-0.3, -0.25) is 4.90 Å². The van der Waals surface area contributed by atoms with E-state index in [9.17, 15) is 4.79 Å². The summed E-state index contributed by atoms with van der Waals surface area (Å²) in [6.45, 7) is 3.28. The molecule has 0 fully saturated rings. The zero-order chi connectivity index (χ0) is 16.2. The fraction of sp³-hybridized carbons (Fsp3) is 0.353. The van der Waals surface area contributed by atoms with Crippen molar-refractivity contribution in [1.29, 1.82) is 0 Å². The summed E-state index contributed by atoms with van der Waals surface area (Å²) in [4.78, 5) is 14.9. The minimum absolute atomic E-state index is 0.196. The molecule has 2 heterocycles. The third-order valence-corrected chi connectivity index (χ3v) is 4.99. The SMILES string of the molecule is COc1ccc(C(=O)O)cc1OCCN1CCc2sccc2C1. The number of thiophene rings is 1. The molecule has 1 aromatic heterocycles. The minimum Gasteiger partial charge on any atom is -0.493 e. The van der Waals surface area contributed by atoms with Crippen molar-refractivity contribution in [3.8, 4) is 11.5 Å². The molecule has 5 nitrogen and oxygen atoms in total. The molecular weight excluding hydrogens is 314 g/mol. The van der Waals surface area contributed by atoms with Gasteiger partial charge in [-0.2, -0.15) is 0 Å². The normalized spacial score (nSPS) is 14.3. The number of carboxylic acid groups (broad SMARTS) is 1. The quantitative estimate of drug-likeness (QED) is 0.881. The number of carbonyl (C=O) groups is 1. The number of ether oxygens (including phenoxy) is 2. The molecule has 0 amide bonds. The highest BCUT2D eigenvalue weighted by Gasteiger charge is 2.17. The van der Waals surface area contributed by atoms with Gasteiger partial charge in [0, 0.05) is 24.5 Å². The van der Waals surface area contributed by atoms with Gasteiger partial charge in [-0.25, -0.2) is 4.79 Å². The van der Waals surface area contributed by atoms with Gasteiger partial charge in [0.15, 0.2) is 11.5 Å². The van der Waals surface area contributed by atoms with E-state index in [1.807, 2.05) is 11.3 Å². The molecule has 6 heteroatoms. The Morgan fingerprint density at radius 3 is 3.00 bits per heavy atom. The van der Waals surface area contributed by atoms with Crippen molar-refractivity contribution in [2.45, 2.75) is 13.0 Å². The zero-order valence-electron chi connectivity index (χ0n) is 12.9. The van der Waals surface area contributed by atoms with Crippen molar-refractivity contribution in [2.75, 3.05) is 26.8 Å². The van der Waals surface area contributed by atoms with E-state index in [-0.39, 0.29) is 5.56 Å². The van der Waals surface area contributed by atoms with Crippen LogP contribution in [-0.2, 0) is 13.0 Å². The molecule has 1 aliphatic heterocycles. The summed E-state index contributed by atoms with van der Waals surface area (Å²) >= 11 is 1.83. The standard InChI is InChI=1S/C17H19NO4S/c1-21-14-3-2-12(17(19)20)10-15(14)22-8-7-18-6-4-16-13(11-18)5-9-23-16/h2-3,5,9-10H,4,6-8,11H2,1H3,(H,19,20). The van der Waals surface area contributed by atoms with E-state index >= 15 is 0 Å². The summed E-state index contributed by atoms with van der Waals surface area (Å²) in [6, 6.07) is 6.83. The Bertz CT molecular complexity index is 698. The first-order valence-corrected chi connectivity index (χ1v) is 8.37. The van der Waals surface area contributed by atoms with Crippen molar-refractivity contribution < 1.29 is 19.4 Å². The van der Waals surface area contributed by atoms with Crippen LogP contribution in [0.5, 0.6) is 11.5 Å². The van der Waals surface area contributed by atoms with Crippen LogP contribution in [0.4, 0.5) is 0 Å². The fourth-order valence-corrected chi connectivity index (χ4v) is 3.59. The highest BCUT2D eigenvalue weighted by molar-refractivity contribution is 7.10. The van der Waals surface area contributed by atoms with Gasteiger partial charge in [-0.15, -0.1) is 11.3 Å². The van der Waals surface area contributed by atoms with Crippen molar-refractivity contribution in [3.63, 3.8) is 0 Å². The Balaban J connectivity index is 1.58. The van der Waals surface area contributed by atoms with Crippen LogP contribution < -0.4 is 9.47 Å². The van der Waals surface area contributed by atoms with Crippen molar-refractivity contribution in [2.24, 2.45) is 0 Å². The number of hydrogen-bond donors (Lipinski definition) is 1. The first-order chi connectivity index (χ1) is 11.2. The Morgan fingerprint density at radius 1 is 1.35 bits per heavy atom. The summed E-state index contributed by atoms with van der Waals surface area (Å²) in [5.41, 5.74) is 1.60. The number of methoxy groups -OCH3 is 1. The van der Waals surface area contributed by atoms with E-state index in [0.717, 1.165) is 26.1 Å². The van der Waals surface area contributed by atoms with Gasteiger partial charge in [0.25, 0.3) is 0 Å². The van der Waals surface area contributed by atoms with Gasteiger partial charge in [-0.05, 0) is 41.6 Å². The molecule has 3 rings (SSSR count). The predicted octanol–water partition coefficient (Wildman–Crippen LogP) is 2.89. The maximum Gasteiger partial charge on any atom is 0.335 e. The van der Waals surface area contributed by atoms with Crippen LogP contribution in [0.2, 0.25) is 0 Å². The Hall–Kier alpha value is -2.05. The number of nitrogens with zero attached hydrogens (tertiary/aromatic N) is 1. The monoisotopic (exact) mass is 333 g/mol. The number of carboxylic acids is 1. The topological polar surface area (TPSA) is 59.0 Å². The Morgan fingerprint density at radius 2 is 2.22 bits per heavy atom. The smallest absolute Gasteiger partial charge is 0.335 e. The minimum atomic E-state index is -0.974. The summed E-state index contributed by atoms with van der Waals surface area (Å²) in [5.74, 6) is 0.0490. The molecule has 2 aromatic rings. The molecule has 1 aliphatic rings. The van der Waals surface area contributed by atoms with Crippen LogP contribution >= 0.6 is 11.3 Å². The van der Waals surface area contributed by atoms with Crippen LogP contribution in [0.3, 0.4) is 0 Å². The molecule has 0 saturated carbocycles. The average molecular weight is 333 g/mol. The maximum atomic E-state index is 11.1. The number of hydrogen-bond acceptors (Lipinski definition) is 5. The van der Waals surface area contributed by atoms with Crippen LogP contribution in [0, 0.1) is 0 Å². The summed E-state index contributed by atoms with van der Waals surface area (Å²) < 4.78 is 11.0. The molecule has 0 atom stereocenters. The molecule has 1 aromatic carbocycles. The second-order valence-corrected chi connectivity index (χ2v) is 6.42. The third kappa shape index (κ3) is 3.65. The summed E-state index contributed by atoms with van der Waals surface area (Å²) in [5, 5.41) is 11.2. The summed E-state index contributed by atoms with van der Waals surface area (Å²) in [6.07, 6.45) is 1.09. The average Bonchev–Trinajstić information content (AvgIpc) is 3.02. The maximum absolute atomic E-state index is 11.1. The van der Waals surface area contributed by atoms with E-state index in [2.05, 4.69) is 16.3 Å². The van der Waals surface area contributed by atoms with Crippen molar-refractivity contribution >= 4 is 17.3 Å². The van der Waals surface area contributed by atoms with Crippen LogP contribution in [-0.4, -0.2) is 42.8 Å². The fourth-order valence-electron chi connectivity index (χ4n) is 2.70. The van der Waals surface area contributed by atoms with Gasteiger partial charge in [0.1, 0.15) is 6.61 Å². The van der Waals surface area contributed by atoms with Gasteiger partial charge in [0.2, 0.25) is 0 Å². The molecule has 0 bridgehead atoms. The highest BCUT2D eigenvalue weighted by atomic mass is 32.1. The second-order valence-electron chi connectivity index (χ2n) is 5.41. The number of aromatic carboxylic acids is 1. The molecule has 1 N–H and O–H groups in total. The molecule has 0 saturated heterocycles. The van der Waals surface area contributed by atoms with Gasteiger partial charge < -0.3 is 14.6 Å².